The lowest BCUT2D eigenvalue weighted by Gasteiger charge is -2.21. The maximum Gasteiger partial charge on any atom is 0.136 e. The SMILES string of the molecule is CC1(C)c2ccc(-c3ccc(-c4c5ccccc5c(-c5ccccc5)c5ccccc45)cc3)cc2-c2cc3oc4cc5ccccc5cc4c3cc21. The lowest BCUT2D eigenvalue weighted by molar-refractivity contribution is 0.658. The molecule has 1 aliphatic carbocycles. The van der Waals surface area contributed by atoms with E-state index >= 15 is 0 Å². The molecule has 1 aliphatic rings. The van der Waals surface area contributed by atoms with Gasteiger partial charge in [0.05, 0.1) is 0 Å². The zero-order valence-electron chi connectivity index (χ0n) is 29.1. The Labute approximate surface area is 302 Å². The third kappa shape index (κ3) is 4.17. The summed E-state index contributed by atoms with van der Waals surface area (Å²) in [6, 6.07) is 62.4. The summed E-state index contributed by atoms with van der Waals surface area (Å²) >= 11 is 0. The van der Waals surface area contributed by atoms with Crippen LogP contribution in [-0.2, 0) is 5.41 Å². The molecule has 0 N–H and O–H groups in total. The van der Waals surface area contributed by atoms with Crippen LogP contribution in [0.1, 0.15) is 25.0 Å². The number of fused-ring (bicyclic) bond motifs is 9. The molecule has 9 aromatic carbocycles. The summed E-state index contributed by atoms with van der Waals surface area (Å²) in [7, 11) is 0. The highest BCUT2D eigenvalue weighted by atomic mass is 16.3. The molecule has 0 bridgehead atoms. The molecule has 1 heteroatoms. The molecule has 11 rings (SSSR count). The molecule has 52 heavy (non-hydrogen) atoms. The summed E-state index contributed by atoms with van der Waals surface area (Å²) in [6.07, 6.45) is 0. The van der Waals surface area contributed by atoms with Gasteiger partial charge in [0.25, 0.3) is 0 Å². The second-order valence-corrected chi connectivity index (χ2v) is 14.9. The third-order valence-electron chi connectivity index (χ3n) is 11.6. The van der Waals surface area contributed by atoms with Gasteiger partial charge in [-0.25, -0.2) is 0 Å². The number of benzene rings is 9. The highest BCUT2D eigenvalue weighted by molar-refractivity contribution is 6.21. The molecule has 10 aromatic rings. The minimum absolute atomic E-state index is 0.115. The van der Waals surface area contributed by atoms with E-state index in [0.717, 1.165) is 11.2 Å². The lowest BCUT2D eigenvalue weighted by Crippen LogP contribution is -2.14. The first-order valence-corrected chi connectivity index (χ1v) is 18.2. The quantitative estimate of drug-likeness (QED) is 0.172. The van der Waals surface area contributed by atoms with Crippen molar-refractivity contribution < 1.29 is 4.42 Å². The van der Waals surface area contributed by atoms with Crippen LogP contribution in [0.2, 0.25) is 0 Å². The van der Waals surface area contributed by atoms with E-state index in [1.807, 2.05) is 0 Å². The summed E-state index contributed by atoms with van der Waals surface area (Å²) in [6.45, 7) is 4.71. The molecule has 1 heterocycles. The van der Waals surface area contributed by atoms with Gasteiger partial charge in [-0.05, 0) is 118 Å². The molecule has 0 aliphatic heterocycles. The van der Waals surface area contributed by atoms with Gasteiger partial charge in [-0.1, -0.05) is 153 Å². The predicted octanol–water partition coefficient (Wildman–Crippen LogP) is 14.4. The van der Waals surface area contributed by atoms with Crippen molar-refractivity contribution in [1.29, 1.82) is 0 Å². The van der Waals surface area contributed by atoms with Crippen molar-refractivity contribution in [3.8, 4) is 44.5 Å². The van der Waals surface area contributed by atoms with Gasteiger partial charge in [0.1, 0.15) is 11.2 Å². The first-order chi connectivity index (χ1) is 25.5. The van der Waals surface area contributed by atoms with E-state index in [9.17, 15) is 0 Å². The monoisotopic (exact) mass is 662 g/mol. The zero-order chi connectivity index (χ0) is 34.6. The first kappa shape index (κ1) is 29.3. The fourth-order valence-corrected chi connectivity index (χ4v) is 9.07. The molecule has 0 fully saturated rings. The highest BCUT2D eigenvalue weighted by Crippen LogP contribution is 2.52. The Morgan fingerprint density at radius 2 is 0.827 bits per heavy atom. The first-order valence-electron chi connectivity index (χ1n) is 18.2. The molecule has 0 saturated heterocycles. The predicted molar refractivity (Wildman–Crippen MR) is 220 cm³/mol. The lowest BCUT2D eigenvalue weighted by atomic mass is 9.81. The zero-order valence-corrected chi connectivity index (χ0v) is 29.1. The highest BCUT2D eigenvalue weighted by Gasteiger charge is 2.36. The van der Waals surface area contributed by atoms with Crippen LogP contribution in [0.5, 0.6) is 0 Å². The number of hydrogen-bond donors (Lipinski definition) is 0. The molecular formula is C51H34O. The maximum absolute atomic E-state index is 6.53. The van der Waals surface area contributed by atoms with Gasteiger partial charge in [0.2, 0.25) is 0 Å². The van der Waals surface area contributed by atoms with Gasteiger partial charge in [-0.3, -0.25) is 0 Å². The Hall–Kier alpha value is -6.44. The molecule has 0 radical (unpaired) electrons. The van der Waals surface area contributed by atoms with Gasteiger partial charge in [-0.2, -0.15) is 0 Å². The van der Waals surface area contributed by atoms with E-state index in [4.69, 9.17) is 4.42 Å². The fraction of sp³-hybridized carbons (Fsp3) is 0.0588. The summed E-state index contributed by atoms with van der Waals surface area (Å²) in [4.78, 5) is 0. The molecule has 1 nitrogen and oxygen atoms in total. The van der Waals surface area contributed by atoms with Gasteiger partial charge in [0.15, 0.2) is 0 Å². The van der Waals surface area contributed by atoms with Crippen molar-refractivity contribution in [2.45, 2.75) is 19.3 Å². The normalized spacial score (nSPS) is 13.3. The molecule has 0 atom stereocenters. The molecule has 0 amide bonds. The largest absolute Gasteiger partial charge is 0.456 e. The second kappa shape index (κ2) is 10.8. The van der Waals surface area contributed by atoms with Gasteiger partial charge >= 0.3 is 0 Å². The van der Waals surface area contributed by atoms with Gasteiger partial charge in [-0.15, -0.1) is 0 Å². The third-order valence-corrected chi connectivity index (χ3v) is 11.6. The topological polar surface area (TPSA) is 13.1 Å². The number of hydrogen-bond acceptors (Lipinski definition) is 1. The van der Waals surface area contributed by atoms with E-state index in [2.05, 4.69) is 184 Å². The van der Waals surface area contributed by atoms with Crippen LogP contribution in [0.3, 0.4) is 0 Å². The summed E-state index contributed by atoms with van der Waals surface area (Å²) in [5.41, 5.74) is 14.5. The Morgan fingerprint density at radius 1 is 0.346 bits per heavy atom. The Kier molecular flexibility index (Phi) is 6.08. The Bertz CT molecular complexity index is 3010. The van der Waals surface area contributed by atoms with Crippen molar-refractivity contribution in [3.63, 3.8) is 0 Å². The van der Waals surface area contributed by atoms with Crippen molar-refractivity contribution >= 4 is 54.3 Å². The smallest absolute Gasteiger partial charge is 0.136 e. The average molecular weight is 663 g/mol. The van der Waals surface area contributed by atoms with Gasteiger partial charge < -0.3 is 4.42 Å². The molecule has 0 unspecified atom stereocenters. The summed E-state index contributed by atoms with van der Waals surface area (Å²) < 4.78 is 6.53. The number of furan rings is 1. The standard InChI is InChI=1S/C51H34O/c1-51(2)45-25-24-36(26-41(45)42-30-48-44(29-46(42)51)43-27-34-14-6-7-15-35(34)28-47(43)52-48)31-20-22-33(23-21-31)50-39-18-10-8-16-37(39)49(32-12-4-3-5-13-32)38-17-9-11-19-40(38)50/h3-30H,1-2H3. The fourth-order valence-electron chi connectivity index (χ4n) is 9.07. The maximum atomic E-state index is 6.53. The van der Waals surface area contributed by atoms with E-state index in [1.165, 1.54) is 98.7 Å². The van der Waals surface area contributed by atoms with E-state index in [1.54, 1.807) is 0 Å². The van der Waals surface area contributed by atoms with E-state index in [0.29, 0.717) is 0 Å². The van der Waals surface area contributed by atoms with Crippen LogP contribution in [0, 0.1) is 0 Å². The molecule has 1 aromatic heterocycles. The van der Waals surface area contributed by atoms with Crippen molar-refractivity contribution in [1.82, 2.24) is 0 Å². The molecule has 0 saturated carbocycles. The van der Waals surface area contributed by atoms with Crippen LogP contribution in [0.4, 0.5) is 0 Å². The summed E-state index contributed by atoms with van der Waals surface area (Å²) in [5.74, 6) is 0. The van der Waals surface area contributed by atoms with Crippen molar-refractivity contribution in [3.05, 3.63) is 181 Å². The minimum Gasteiger partial charge on any atom is -0.456 e. The van der Waals surface area contributed by atoms with Crippen LogP contribution in [-0.4, -0.2) is 0 Å². The van der Waals surface area contributed by atoms with E-state index in [-0.39, 0.29) is 5.41 Å². The summed E-state index contributed by atoms with van der Waals surface area (Å²) in [5, 5.41) is 9.91. The van der Waals surface area contributed by atoms with E-state index < -0.39 is 0 Å². The second-order valence-electron chi connectivity index (χ2n) is 14.9. The molecule has 244 valence electrons. The van der Waals surface area contributed by atoms with Crippen LogP contribution in [0.25, 0.3) is 98.8 Å². The van der Waals surface area contributed by atoms with Crippen molar-refractivity contribution in [2.75, 3.05) is 0 Å². The average Bonchev–Trinajstić information content (AvgIpc) is 3.65. The minimum atomic E-state index is -0.115. The van der Waals surface area contributed by atoms with Gasteiger partial charge in [0, 0.05) is 16.2 Å². The van der Waals surface area contributed by atoms with Crippen LogP contribution < -0.4 is 0 Å². The Balaban J connectivity index is 1.03. The van der Waals surface area contributed by atoms with Crippen molar-refractivity contribution in [2.24, 2.45) is 0 Å². The molecule has 0 spiro atoms. The number of rotatable bonds is 3. The Morgan fingerprint density at radius 3 is 1.48 bits per heavy atom. The molecular weight excluding hydrogens is 629 g/mol. The van der Waals surface area contributed by atoms with Crippen LogP contribution >= 0.6 is 0 Å². The van der Waals surface area contributed by atoms with Crippen LogP contribution in [0.15, 0.2) is 174 Å².